The van der Waals surface area contributed by atoms with E-state index in [1.165, 1.54) is 0 Å². The molecule has 1 nitrogen and oxygen atoms in total. The third-order valence-electron chi connectivity index (χ3n) is 1.42. The topological polar surface area (TPSA) is 9.23 Å². The van der Waals surface area contributed by atoms with Crippen LogP contribution in [0.25, 0.3) is 0 Å². The summed E-state index contributed by atoms with van der Waals surface area (Å²) in [5.41, 5.74) is 0. The van der Waals surface area contributed by atoms with Gasteiger partial charge in [-0.05, 0) is 6.08 Å². The van der Waals surface area contributed by atoms with E-state index in [1.54, 1.807) is 12.3 Å². The van der Waals surface area contributed by atoms with E-state index >= 15 is 0 Å². The van der Waals surface area contributed by atoms with Gasteiger partial charge in [-0.25, -0.2) is 0 Å². The van der Waals surface area contributed by atoms with Gasteiger partial charge in [0.15, 0.2) is 0 Å². The molecule has 1 heterocycles. The van der Waals surface area contributed by atoms with Crippen LogP contribution in [0.3, 0.4) is 0 Å². The first-order chi connectivity index (χ1) is 4.38. The Labute approximate surface area is 55.3 Å². The van der Waals surface area contributed by atoms with E-state index in [4.69, 9.17) is 4.74 Å². The molecule has 0 saturated carbocycles. The normalized spacial score (nSPS) is 31.6. The van der Waals surface area contributed by atoms with Gasteiger partial charge >= 0.3 is 0 Å². The molecule has 0 amide bonds. The van der Waals surface area contributed by atoms with Gasteiger partial charge in [-0.15, -0.1) is 6.58 Å². The van der Waals surface area contributed by atoms with Gasteiger partial charge < -0.3 is 4.74 Å². The van der Waals surface area contributed by atoms with Gasteiger partial charge in [0.2, 0.25) is 0 Å². The third kappa shape index (κ3) is 1.04. The van der Waals surface area contributed by atoms with Crippen LogP contribution < -0.4 is 0 Å². The summed E-state index contributed by atoms with van der Waals surface area (Å²) in [4.78, 5) is 0. The van der Waals surface area contributed by atoms with Crippen LogP contribution in [0.1, 0.15) is 0 Å². The maximum atomic E-state index is 5.14. The molecule has 0 aromatic heterocycles. The maximum Gasteiger partial charge on any atom is 0.125 e. The van der Waals surface area contributed by atoms with Crippen molar-refractivity contribution in [1.82, 2.24) is 0 Å². The molecule has 9 heavy (non-hydrogen) atoms. The van der Waals surface area contributed by atoms with Gasteiger partial charge in [0, 0.05) is 5.92 Å². The van der Waals surface area contributed by atoms with Crippen molar-refractivity contribution in [3.8, 4) is 0 Å². The fraction of sp³-hybridized carbons (Fsp3) is 0.250. The Hall–Kier alpha value is -0.980. The SMILES string of the molecule is C=CC1C=COC1C=C. The number of hydrogen-bond donors (Lipinski definition) is 0. The highest BCUT2D eigenvalue weighted by atomic mass is 16.5. The largest absolute Gasteiger partial charge is 0.493 e. The lowest BCUT2D eigenvalue weighted by molar-refractivity contribution is 0.194. The molecule has 2 unspecified atom stereocenters. The van der Waals surface area contributed by atoms with Gasteiger partial charge in [-0.2, -0.15) is 0 Å². The zero-order chi connectivity index (χ0) is 6.69. The summed E-state index contributed by atoms with van der Waals surface area (Å²) in [7, 11) is 0. The van der Waals surface area contributed by atoms with Gasteiger partial charge in [0.1, 0.15) is 6.10 Å². The van der Waals surface area contributed by atoms with Gasteiger partial charge in [-0.1, -0.05) is 18.7 Å². The molecule has 1 heteroatoms. The molecule has 0 aliphatic carbocycles. The van der Waals surface area contributed by atoms with E-state index in [-0.39, 0.29) is 6.10 Å². The van der Waals surface area contributed by atoms with Crippen molar-refractivity contribution in [1.29, 1.82) is 0 Å². The molecule has 0 aromatic rings. The van der Waals surface area contributed by atoms with Crippen molar-refractivity contribution in [3.63, 3.8) is 0 Å². The smallest absolute Gasteiger partial charge is 0.125 e. The lowest BCUT2D eigenvalue weighted by atomic mass is 10.1. The first-order valence-corrected chi connectivity index (χ1v) is 2.95. The highest BCUT2D eigenvalue weighted by Crippen LogP contribution is 2.18. The van der Waals surface area contributed by atoms with E-state index in [0.717, 1.165) is 0 Å². The highest BCUT2D eigenvalue weighted by Gasteiger charge is 2.17. The lowest BCUT2D eigenvalue weighted by Crippen LogP contribution is -2.09. The van der Waals surface area contributed by atoms with Crippen molar-refractivity contribution >= 4 is 0 Å². The van der Waals surface area contributed by atoms with Crippen LogP contribution in [0.15, 0.2) is 37.6 Å². The quantitative estimate of drug-likeness (QED) is 0.508. The average Bonchev–Trinajstić information content (AvgIpc) is 2.33. The standard InChI is InChI=1S/C8H10O/c1-3-7-5-6-9-8(7)4-2/h3-8H,1-2H2. The second kappa shape index (κ2) is 2.53. The number of hydrogen-bond acceptors (Lipinski definition) is 1. The second-order valence-corrected chi connectivity index (χ2v) is 1.98. The predicted octanol–water partition coefficient (Wildman–Crippen LogP) is 1.89. The minimum Gasteiger partial charge on any atom is -0.493 e. The Morgan fingerprint density at radius 2 is 2.11 bits per heavy atom. The lowest BCUT2D eigenvalue weighted by Gasteiger charge is -2.08. The van der Waals surface area contributed by atoms with Gasteiger partial charge in [-0.3, -0.25) is 0 Å². The van der Waals surface area contributed by atoms with E-state index in [9.17, 15) is 0 Å². The summed E-state index contributed by atoms with van der Waals surface area (Å²) in [5.74, 6) is 0.322. The highest BCUT2D eigenvalue weighted by molar-refractivity contribution is 5.08. The predicted molar refractivity (Wildman–Crippen MR) is 37.9 cm³/mol. The van der Waals surface area contributed by atoms with Gasteiger partial charge in [0.25, 0.3) is 0 Å². The first kappa shape index (κ1) is 6.14. The number of ether oxygens (including phenoxy) is 1. The molecule has 0 N–H and O–H groups in total. The van der Waals surface area contributed by atoms with Crippen LogP contribution in [-0.2, 0) is 4.74 Å². The Morgan fingerprint density at radius 1 is 1.33 bits per heavy atom. The second-order valence-electron chi connectivity index (χ2n) is 1.98. The monoisotopic (exact) mass is 122 g/mol. The van der Waals surface area contributed by atoms with Crippen LogP contribution in [0.4, 0.5) is 0 Å². The Kier molecular flexibility index (Phi) is 1.73. The third-order valence-corrected chi connectivity index (χ3v) is 1.42. The Morgan fingerprint density at radius 3 is 2.56 bits per heavy atom. The maximum absolute atomic E-state index is 5.14. The molecule has 0 aromatic carbocycles. The summed E-state index contributed by atoms with van der Waals surface area (Å²) < 4.78 is 5.14. The van der Waals surface area contributed by atoms with Crippen molar-refractivity contribution in [2.24, 2.45) is 5.92 Å². The molecule has 1 rings (SSSR count). The molecule has 0 fully saturated rings. The molecule has 1 aliphatic rings. The summed E-state index contributed by atoms with van der Waals surface area (Å²) in [5, 5.41) is 0. The van der Waals surface area contributed by atoms with Crippen LogP contribution in [-0.4, -0.2) is 6.10 Å². The molecule has 0 spiro atoms. The van der Waals surface area contributed by atoms with E-state index < -0.39 is 0 Å². The fourth-order valence-electron chi connectivity index (χ4n) is 0.852. The molecule has 0 radical (unpaired) electrons. The zero-order valence-electron chi connectivity index (χ0n) is 5.29. The minimum atomic E-state index is 0.113. The molecular weight excluding hydrogens is 112 g/mol. The number of rotatable bonds is 2. The summed E-state index contributed by atoms with van der Waals surface area (Å²) >= 11 is 0. The summed E-state index contributed by atoms with van der Waals surface area (Å²) in [6, 6.07) is 0. The summed E-state index contributed by atoms with van der Waals surface area (Å²) in [6.45, 7) is 7.29. The molecule has 0 bridgehead atoms. The van der Waals surface area contributed by atoms with E-state index in [2.05, 4.69) is 13.2 Å². The van der Waals surface area contributed by atoms with Crippen LogP contribution in [0, 0.1) is 5.92 Å². The van der Waals surface area contributed by atoms with Gasteiger partial charge in [0.05, 0.1) is 6.26 Å². The molecule has 48 valence electrons. The van der Waals surface area contributed by atoms with E-state index in [1.807, 2.05) is 12.2 Å². The van der Waals surface area contributed by atoms with Crippen molar-refractivity contribution in [3.05, 3.63) is 37.6 Å². The average molecular weight is 122 g/mol. The van der Waals surface area contributed by atoms with Crippen molar-refractivity contribution in [2.75, 3.05) is 0 Å². The van der Waals surface area contributed by atoms with Crippen LogP contribution >= 0.6 is 0 Å². The zero-order valence-corrected chi connectivity index (χ0v) is 5.29. The molecule has 0 saturated heterocycles. The Bertz CT molecular complexity index is 147. The minimum absolute atomic E-state index is 0.113. The Balaban J connectivity index is 2.58. The summed E-state index contributed by atoms with van der Waals surface area (Å²) in [6.07, 6.45) is 7.42. The molecular formula is C8H10O. The van der Waals surface area contributed by atoms with Crippen molar-refractivity contribution in [2.45, 2.75) is 6.10 Å². The van der Waals surface area contributed by atoms with Crippen molar-refractivity contribution < 1.29 is 4.74 Å². The fourth-order valence-corrected chi connectivity index (χ4v) is 0.852. The molecule has 1 aliphatic heterocycles. The molecule has 2 atom stereocenters. The van der Waals surface area contributed by atoms with Crippen LogP contribution in [0.5, 0.6) is 0 Å². The van der Waals surface area contributed by atoms with E-state index in [0.29, 0.717) is 5.92 Å². The first-order valence-electron chi connectivity index (χ1n) is 2.95. The van der Waals surface area contributed by atoms with Crippen LogP contribution in [0.2, 0.25) is 0 Å².